The summed E-state index contributed by atoms with van der Waals surface area (Å²) in [5, 5.41) is 12.2. The maximum atomic E-state index is 11.8. The van der Waals surface area contributed by atoms with Gasteiger partial charge in [-0.1, -0.05) is 12.8 Å². The quantitative estimate of drug-likeness (QED) is 0.721. The molecular formula is C12H18N2O2. The zero-order valence-corrected chi connectivity index (χ0v) is 9.28. The number of carbonyl (C=O) groups is 1. The van der Waals surface area contributed by atoms with E-state index >= 15 is 0 Å². The van der Waals surface area contributed by atoms with E-state index in [2.05, 4.69) is 10.3 Å². The molecule has 0 aromatic carbocycles. The zero-order chi connectivity index (χ0) is 11.4. The molecule has 0 bridgehead atoms. The lowest BCUT2D eigenvalue weighted by Crippen LogP contribution is -2.43. The molecule has 1 fully saturated rings. The van der Waals surface area contributed by atoms with E-state index in [0.717, 1.165) is 25.7 Å². The van der Waals surface area contributed by atoms with Gasteiger partial charge in [0.1, 0.15) is 5.69 Å². The van der Waals surface area contributed by atoms with Crippen LogP contribution in [0.15, 0.2) is 18.3 Å². The Balaban J connectivity index is 1.95. The van der Waals surface area contributed by atoms with Crippen LogP contribution in [0.4, 0.5) is 0 Å². The van der Waals surface area contributed by atoms with E-state index in [9.17, 15) is 9.90 Å². The van der Waals surface area contributed by atoms with E-state index in [1.807, 2.05) is 0 Å². The largest absolute Gasteiger partial charge is 0.396 e. The molecule has 0 aliphatic heterocycles. The summed E-state index contributed by atoms with van der Waals surface area (Å²) in [6.45, 7) is 0.162. The summed E-state index contributed by atoms with van der Waals surface area (Å²) in [6.07, 6.45) is 6.00. The minimum atomic E-state index is -0.0737. The second-order valence-corrected chi connectivity index (χ2v) is 4.39. The molecule has 1 aliphatic rings. The SMILES string of the molecule is O=C(NC1CCCCC1CO)c1ccc[nH]1. The average Bonchev–Trinajstić information content (AvgIpc) is 2.83. The number of aliphatic hydroxyl groups is 1. The number of aromatic amines is 1. The van der Waals surface area contributed by atoms with Crippen LogP contribution in [0.25, 0.3) is 0 Å². The van der Waals surface area contributed by atoms with Crippen molar-refractivity contribution in [2.24, 2.45) is 5.92 Å². The van der Waals surface area contributed by atoms with E-state index in [0.29, 0.717) is 5.69 Å². The molecule has 1 saturated carbocycles. The smallest absolute Gasteiger partial charge is 0.267 e. The number of nitrogens with one attached hydrogen (secondary N) is 2. The number of H-pyrrole nitrogens is 1. The van der Waals surface area contributed by atoms with Crippen molar-refractivity contribution in [1.29, 1.82) is 0 Å². The van der Waals surface area contributed by atoms with Gasteiger partial charge in [-0.2, -0.15) is 0 Å². The van der Waals surface area contributed by atoms with Crippen LogP contribution in [-0.2, 0) is 0 Å². The van der Waals surface area contributed by atoms with Crippen molar-refractivity contribution in [3.8, 4) is 0 Å². The van der Waals surface area contributed by atoms with Crippen molar-refractivity contribution in [2.45, 2.75) is 31.7 Å². The molecule has 0 saturated heterocycles. The summed E-state index contributed by atoms with van der Waals surface area (Å²) in [5.74, 6) is 0.142. The minimum Gasteiger partial charge on any atom is -0.396 e. The summed E-state index contributed by atoms with van der Waals surface area (Å²) >= 11 is 0. The van der Waals surface area contributed by atoms with Gasteiger partial charge in [0.25, 0.3) is 5.91 Å². The van der Waals surface area contributed by atoms with Gasteiger partial charge in [-0.3, -0.25) is 4.79 Å². The van der Waals surface area contributed by atoms with Crippen LogP contribution in [-0.4, -0.2) is 28.6 Å². The third-order valence-corrected chi connectivity index (χ3v) is 3.30. The number of hydrogen-bond acceptors (Lipinski definition) is 2. The standard InChI is InChI=1S/C12H18N2O2/c15-8-9-4-1-2-5-10(9)14-12(16)11-6-3-7-13-11/h3,6-7,9-10,13,15H,1-2,4-5,8H2,(H,14,16). The molecule has 1 amide bonds. The summed E-state index contributed by atoms with van der Waals surface area (Å²) in [7, 11) is 0. The van der Waals surface area contributed by atoms with E-state index in [-0.39, 0.29) is 24.5 Å². The number of amides is 1. The lowest BCUT2D eigenvalue weighted by molar-refractivity contribution is 0.0868. The fourth-order valence-electron chi connectivity index (χ4n) is 2.33. The Morgan fingerprint density at radius 2 is 2.31 bits per heavy atom. The van der Waals surface area contributed by atoms with Gasteiger partial charge < -0.3 is 15.4 Å². The monoisotopic (exact) mass is 222 g/mol. The Morgan fingerprint density at radius 3 is 3.00 bits per heavy atom. The third-order valence-electron chi connectivity index (χ3n) is 3.30. The first-order valence-corrected chi connectivity index (χ1v) is 5.86. The van der Waals surface area contributed by atoms with Gasteiger partial charge in [0.2, 0.25) is 0 Å². The molecule has 0 spiro atoms. The highest BCUT2D eigenvalue weighted by Crippen LogP contribution is 2.24. The van der Waals surface area contributed by atoms with E-state index in [1.165, 1.54) is 0 Å². The molecule has 1 aliphatic carbocycles. The fourth-order valence-corrected chi connectivity index (χ4v) is 2.33. The number of aromatic nitrogens is 1. The number of hydrogen-bond donors (Lipinski definition) is 3. The van der Waals surface area contributed by atoms with Gasteiger partial charge in [-0.15, -0.1) is 0 Å². The van der Waals surface area contributed by atoms with E-state index in [4.69, 9.17) is 0 Å². The number of carbonyl (C=O) groups excluding carboxylic acids is 1. The molecule has 2 unspecified atom stereocenters. The summed E-state index contributed by atoms with van der Waals surface area (Å²) in [5.41, 5.74) is 0.585. The predicted molar refractivity (Wildman–Crippen MR) is 61.1 cm³/mol. The first kappa shape index (κ1) is 11.2. The lowest BCUT2D eigenvalue weighted by atomic mass is 9.85. The van der Waals surface area contributed by atoms with Gasteiger partial charge in [0.05, 0.1) is 0 Å². The summed E-state index contributed by atoms with van der Waals surface area (Å²) in [6, 6.07) is 3.68. The van der Waals surface area contributed by atoms with Gasteiger partial charge in [0.15, 0.2) is 0 Å². The molecule has 0 radical (unpaired) electrons. The molecule has 88 valence electrons. The third kappa shape index (κ3) is 2.44. The molecule has 3 N–H and O–H groups in total. The molecule has 1 aromatic rings. The zero-order valence-electron chi connectivity index (χ0n) is 9.28. The minimum absolute atomic E-state index is 0.0737. The van der Waals surface area contributed by atoms with Crippen LogP contribution >= 0.6 is 0 Å². The normalized spacial score (nSPS) is 25.3. The van der Waals surface area contributed by atoms with Crippen LogP contribution in [0.2, 0.25) is 0 Å². The number of aliphatic hydroxyl groups excluding tert-OH is 1. The van der Waals surface area contributed by atoms with Crippen LogP contribution in [0, 0.1) is 5.92 Å². The van der Waals surface area contributed by atoms with Gasteiger partial charge in [-0.05, 0) is 25.0 Å². The molecule has 2 rings (SSSR count). The lowest BCUT2D eigenvalue weighted by Gasteiger charge is -2.30. The van der Waals surface area contributed by atoms with Crippen molar-refractivity contribution in [3.05, 3.63) is 24.0 Å². The Bertz CT molecular complexity index is 335. The second kappa shape index (κ2) is 5.16. The van der Waals surface area contributed by atoms with Crippen molar-refractivity contribution in [2.75, 3.05) is 6.61 Å². The van der Waals surface area contributed by atoms with Crippen molar-refractivity contribution >= 4 is 5.91 Å². The van der Waals surface area contributed by atoms with Crippen LogP contribution in [0.5, 0.6) is 0 Å². The van der Waals surface area contributed by atoms with Gasteiger partial charge in [-0.25, -0.2) is 0 Å². The first-order chi connectivity index (χ1) is 7.81. The maximum absolute atomic E-state index is 11.8. The van der Waals surface area contributed by atoms with Crippen LogP contribution in [0.3, 0.4) is 0 Å². The summed E-state index contributed by atoms with van der Waals surface area (Å²) in [4.78, 5) is 14.7. The molecule has 2 atom stereocenters. The van der Waals surface area contributed by atoms with Crippen molar-refractivity contribution in [1.82, 2.24) is 10.3 Å². The molecule has 4 heteroatoms. The van der Waals surface area contributed by atoms with Crippen LogP contribution in [0.1, 0.15) is 36.2 Å². The Kier molecular flexibility index (Phi) is 3.62. The molecule has 16 heavy (non-hydrogen) atoms. The van der Waals surface area contributed by atoms with Crippen LogP contribution < -0.4 is 5.32 Å². The molecule has 1 aromatic heterocycles. The highest BCUT2D eigenvalue weighted by atomic mass is 16.3. The predicted octanol–water partition coefficient (Wildman–Crippen LogP) is 1.30. The molecular weight excluding hydrogens is 204 g/mol. The Hall–Kier alpha value is -1.29. The summed E-state index contributed by atoms with van der Waals surface area (Å²) < 4.78 is 0. The Labute approximate surface area is 95.1 Å². The van der Waals surface area contributed by atoms with Crippen molar-refractivity contribution < 1.29 is 9.90 Å². The average molecular weight is 222 g/mol. The molecule has 4 nitrogen and oxygen atoms in total. The van der Waals surface area contributed by atoms with E-state index in [1.54, 1.807) is 18.3 Å². The highest BCUT2D eigenvalue weighted by molar-refractivity contribution is 5.92. The Morgan fingerprint density at radius 1 is 1.50 bits per heavy atom. The van der Waals surface area contributed by atoms with Crippen molar-refractivity contribution in [3.63, 3.8) is 0 Å². The number of rotatable bonds is 3. The topological polar surface area (TPSA) is 65.1 Å². The highest BCUT2D eigenvalue weighted by Gasteiger charge is 2.26. The van der Waals surface area contributed by atoms with Gasteiger partial charge >= 0.3 is 0 Å². The van der Waals surface area contributed by atoms with Gasteiger partial charge in [0, 0.05) is 24.8 Å². The second-order valence-electron chi connectivity index (χ2n) is 4.39. The first-order valence-electron chi connectivity index (χ1n) is 5.86. The maximum Gasteiger partial charge on any atom is 0.267 e. The van der Waals surface area contributed by atoms with E-state index < -0.39 is 0 Å². The fraction of sp³-hybridized carbons (Fsp3) is 0.583. The molecule has 1 heterocycles.